The van der Waals surface area contributed by atoms with Gasteiger partial charge in [-0.3, -0.25) is 4.79 Å². The minimum absolute atomic E-state index is 0.0136. The lowest BCUT2D eigenvalue weighted by Crippen LogP contribution is -2.41. The molecule has 0 aromatic heterocycles. The zero-order chi connectivity index (χ0) is 14.6. The monoisotopic (exact) mass is 262 g/mol. The Morgan fingerprint density at radius 3 is 1.84 bits per heavy atom. The third-order valence-corrected chi connectivity index (χ3v) is 3.34. The van der Waals surface area contributed by atoms with Gasteiger partial charge in [-0.15, -0.1) is 0 Å². The van der Waals surface area contributed by atoms with Gasteiger partial charge < -0.3 is 11.1 Å². The Morgan fingerprint density at radius 2 is 1.47 bits per heavy atom. The van der Waals surface area contributed by atoms with E-state index in [1.54, 1.807) is 6.92 Å². The first kappa shape index (κ1) is 15.7. The number of rotatable bonds is 5. The maximum atomic E-state index is 11.8. The first-order valence-electron chi connectivity index (χ1n) is 6.98. The summed E-state index contributed by atoms with van der Waals surface area (Å²) < 4.78 is 0. The molecule has 0 aliphatic carbocycles. The second-order valence-corrected chi connectivity index (χ2v) is 5.84. The van der Waals surface area contributed by atoms with Crippen LogP contribution in [0.2, 0.25) is 0 Å². The van der Waals surface area contributed by atoms with E-state index in [1.807, 2.05) is 0 Å². The van der Waals surface area contributed by atoms with E-state index in [-0.39, 0.29) is 11.9 Å². The van der Waals surface area contributed by atoms with Gasteiger partial charge >= 0.3 is 0 Å². The first-order chi connectivity index (χ1) is 8.82. The van der Waals surface area contributed by atoms with Crippen LogP contribution in [0.5, 0.6) is 0 Å². The summed E-state index contributed by atoms with van der Waals surface area (Å²) in [4.78, 5) is 11.8. The molecular weight excluding hydrogens is 236 g/mol. The van der Waals surface area contributed by atoms with Crippen molar-refractivity contribution in [2.24, 2.45) is 11.7 Å². The third-order valence-electron chi connectivity index (χ3n) is 3.34. The molecule has 1 aromatic carbocycles. The molecule has 3 heteroatoms. The molecular formula is C16H26N2O. The van der Waals surface area contributed by atoms with Gasteiger partial charge in [-0.25, -0.2) is 0 Å². The van der Waals surface area contributed by atoms with Crippen LogP contribution >= 0.6 is 0 Å². The minimum atomic E-state index is -0.476. The summed E-state index contributed by atoms with van der Waals surface area (Å²) in [6.07, 6.45) is 0. The number of nitrogens with one attached hydrogen (secondary N) is 1. The molecule has 1 aromatic rings. The largest absolute Gasteiger partial charge is 0.348 e. The second kappa shape index (κ2) is 6.71. The van der Waals surface area contributed by atoms with Gasteiger partial charge in [0.05, 0.1) is 12.1 Å². The summed E-state index contributed by atoms with van der Waals surface area (Å²) in [5.41, 5.74) is 8.06. The van der Waals surface area contributed by atoms with E-state index in [0.29, 0.717) is 11.8 Å². The van der Waals surface area contributed by atoms with Gasteiger partial charge in [0.15, 0.2) is 0 Å². The number of hydrogen-bond acceptors (Lipinski definition) is 2. The van der Waals surface area contributed by atoms with E-state index in [4.69, 9.17) is 5.73 Å². The van der Waals surface area contributed by atoms with Gasteiger partial charge in [0.25, 0.3) is 0 Å². The number of amides is 1. The molecule has 0 fully saturated rings. The van der Waals surface area contributed by atoms with Crippen LogP contribution in [0.15, 0.2) is 24.3 Å². The van der Waals surface area contributed by atoms with E-state index in [0.717, 1.165) is 5.56 Å². The van der Waals surface area contributed by atoms with E-state index >= 15 is 0 Å². The van der Waals surface area contributed by atoms with Crippen molar-refractivity contribution in [2.75, 3.05) is 0 Å². The minimum Gasteiger partial charge on any atom is -0.348 e. The molecule has 0 aliphatic heterocycles. The fraction of sp³-hybridized carbons (Fsp3) is 0.562. The van der Waals surface area contributed by atoms with Crippen molar-refractivity contribution in [1.82, 2.24) is 5.32 Å². The van der Waals surface area contributed by atoms with E-state index in [9.17, 15) is 4.79 Å². The molecule has 0 heterocycles. The molecule has 0 radical (unpaired) electrons. The number of nitrogens with two attached hydrogens (primary N) is 1. The van der Waals surface area contributed by atoms with Crippen LogP contribution in [-0.2, 0) is 4.79 Å². The molecule has 0 saturated carbocycles. The fourth-order valence-corrected chi connectivity index (χ4v) is 2.01. The predicted octanol–water partition coefficient (Wildman–Crippen LogP) is 2.97. The van der Waals surface area contributed by atoms with Crippen LogP contribution in [0, 0.1) is 5.92 Å². The number of benzene rings is 1. The summed E-state index contributed by atoms with van der Waals surface area (Å²) in [7, 11) is 0. The van der Waals surface area contributed by atoms with Gasteiger partial charge in [0.2, 0.25) is 5.91 Å². The molecule has 1 rings (SSSR count). The number of hydrogen-bond donors (Lipinski definition) is 2. The van der Waals surface area contributed by atoms with Gasteiger partial charge in [0, 0.05) is 0 Å². The van der Waals surface area contributed by atoms with Crippen molar-refractivity contribution in [1.29, 1.82) is 0 Å². The highest BCUT2D eigenvalue weighted by molar-refractivity contribution is 5.81. The lowest BCUT2D eigenvalue weighted by Gasteiger charge is -2.24. The standard InChI is InChI=1S/C16H26N2O/c1-10(2)13-6-8-14(9-7-13)15(11(3)4)18-16(19)12(5)17/h6-12,15H,17H2,1-5H3,(H,18,19)/t12-,15?/m0/s1. The zero-order valence-corrected chi connectivity index (χ0v) is 12.6. The van der Waals surface area contributed by atoms with E-state index in [2.05, 4.69) is 57.3 Å². The van der Waals surface area contributed by atoms with Crippen LogP contribution in [0.3, 0.4) is 0 Å². The van der Waals surface area contributed by atoms with Crippen molar-refractivity contribution in [3.63, 3.8) is 0 Å². The Kier molecular flexibility index (Phi) is 5.55. The van der Waals surface area contributed by atoms with Crippen LogP contribution in [-0.4, -0.2) is 11.9 Å². The molecule has 0 bridgehead atoms. The fourth-order valence-electron chi connectivity index (χ4n) is 2.01. The van der Waals surface area contributed by atoms with Gasteiger partial charge in [0.1, 0.15) is 0 Å². The van der Waals surface area contributed by atoms with Crippen molar-refractivity contribution in [3.8, 4) is 0 Å². The SMILES string of the molecule is CC(C)c1ccc(C(NC(=O)[C@H](C)N)C(C)C)cc1. The third kappa shape index (κ3) is 4.35. The van der Waals surface area contributed by atoms with Crippen molar-refractivity contribution >= 4 is 5.91 Å². The summed E-state index contributed by atoms with van der Waals surface area (Å²) in [6, 6.07) is 8.00. The van der Waals surface area contributed by atoms with Gasteiger partial charge in [-0.2, -0.15) is 0 Å². The molecule has 0 saturated heterocycles. The van der Waals surface area contributed by atoms with Gasteiger partial charge in [-0.05, 0) is 29.9 Å². The Morgan fingerprint density at radius 1 is 1.00 bits per heavy atom. The van der Waals surface area contributed by atoms with Crippen LogP contribution in [0.1, 0.15) is 57.7 Å². The second-order valence-electron chi connectivity index (χ2n) is 5.84. The van der Waals surface area contributed by atoms with E-state index < -0.39 is 6.04 Å². The van der Waals surface area contributed by atoms with Crippen molar-refractivity contribution in [3.05, 3.63) is 35.4 Å². The highest BCUT2D eigenvalue weighted by atomic mass is 16.2. The number of carbonyl (C=O) groups is 1. The normalized spacial score (nSPS) is 14.5. The highest BCUT2D eigenvalue weighted by Crippen LogP contribution is 2.24. The molecule has 1 unspecified atom stereocenters. The topological polar surface area (TPSA) is 55.1 Å². The highest BCUT2D eigenvalue weighted by Gasteiger charge is 2.19. The zero-order valence-electron chi connectivity index (χ0n) is 12.6. The summed E-state index contributed by atoms with van der Waals surface area (Å²) in [5.74, 6) is 0.740. The lowest BCUT2D eigenvalue weighted by molar-refractivity contribution is -0.123. The van der Waals surface area contributed by atoms with Gasteiger partial charge in [-0.1, -0.05) is 52.0 Å². The average Bonchev–Trinajstić information content (AvgIpc) is 2.35. The lowest BCUT2D eigenvalue weighted by atomic mass is 9.93. The maximum absolute atomic E-state index is 11.8. The molecule has 19 heavy (non-hydrogen) atoms. The Bertz CT molecular complexity index is 407. The maximum Gasteiger partial charge on any atom is 0.237 e. The first-order valence-corrected chi connectivity index (χ1v) is 6.98. The molecule has 1 amide bonds. The Hall–Kier alpha value is -1.35. The summed E-state index contributed by atoms with van der Waals surface area (Å²) in [6.45, 7) is 10.2. The molecule has 3 nitrogen and oxygen atoms in total. The average molecular weight is 262 g/mol. The Labute approximate surface area is 116 Å². The molecule has 0 spiro atoms. The Balaban J connectivity index is 2.90. The van der Waals surface area contributed by atoms with Crippen LogP contribution in [0.4, 0.5) is 0 Å². The summed E-state index contributed by atoms with van der Waals surface area (Å²) >= 11 is 0. The van der Waals surface area contributed by atoms with Crippen molar-refractivity contribution < 1.29 is 4.79 Å². The van der Waals surface area contributed by atoms with Crippen LogP contribution < -0.4 is 11.1 Å². The number of carbonyl (C=O) groups excluding carboxylic acids is 1. The smallest absolute Gasteiger partial charge is 0.237 e. The van der Waals surface area contributed by atoms with Crippen molar-refractivity contribution in [2.45, 2.75) is 52.6 Å². The molecule has 0 aliphatic rings. The quantitative estimate of drug-likeness (QED) is 0.857. The summed E-state index contributed by atoms with van der Waals surface area (Å²) in [5, 5.41) is 3.02. The van der Waals surface area contributed by atoms with Crippen LogP contribution in [0.25, 0.3) is 0 Å². The molecule has 3 N–H and O–H groups in total. The molecule has 106 valence electrons. The molecule has 2 atom stereocenters. The van der Waals surface area contributed by atoms with E-state index in [1.165, 1.54) is 5.56 Å². The predicted molar refractivity (Wildman–Crippen MR) is 79.9 cm³/mol.